The van der Waals surface area contributed by atoms with Crippen molar-refractivity contribution in [1.29, 1.82) is 0 Å². The quantitative estimate of drug-likeness (QED) is 0.882. The Morgan fingerprint density at radius 2 is 1.95 bits per heavy atom. The Balaban J connectivity index is 2.47. The van der Waals surface area contributed by atoms with Gasteiger partial charge in [0.15, 0.2) is 0 Å². The van der Waals surface area contributed by atoms with Crippen LogP contribution in [-0.2, 0) is 10.7 Å². The van der Waals surface area contributed by atoms with Crippen LogP contribution in [0, 0.1) is 5.82 Å². The van der Waals surface area contributed by atoms with Crippen molar-refractivity contribution in [2.45, 2.75) is 24.6 Å². The third kappa shape index (κ3) is 2.76. The van der Waals surface area contributed by atoms with E-state index in [2.05, 4.69) is 25.9 Å². The SMILES string of the molecule is CC(C)(c1ccc(F)cc1)c1ncc(CBr)c(=O)[nH]1. The Labute approximate surface area is 119 Å². The van der Waals surface area contributed by atoms with E-state index in [1.54, 1.807) is 18.3 Å². The molecule has 1 heterocycles. The molecule has 0 amide bonds. The molecule has 0 saturated heterocycles. The predicted octanol–water partition coefficient (Wildman–Crippen LogP) is 3.13. The molecule has 0 unspecified atom stereocenters. The van der Waals surface area contributed by atoms with E-state index in [1.165, 1.54) is 12.1 Å². The van der Waals surface area contributed by atoms with Crippen molar-refractivity contribution in [3.05, 3.63) is 63.6 Å². The molecule has 0 fully saturated rings. The van der Waals surface area contributed by atoms with Crippen molar-refractivity contribution < 1.29 is 4.39 Å². The summed E-state index contributed by atoms with van der Waals surface area (Å²) >= 11 is 3.23. The molecule has 0 aliphatic carbocycles. The van der Waals surface area contributed by atoms with Gasteiger partial charge in [0.2, 0.25) is 0 Å². The number of halogens is 2. The van der Waals surface area contributed by atoms with Crippen molar-refractivity contribution in [2.24, 2.45) is 0 Å². The largest absolute Gasteiger partial charge is 0.310 e. The summed E-state index contributed by atoms with van der Waals surface area (Å²) in [4.78, 5) is 18.9. The first kappa shape index (κ1) is 13.9. The molecule has 0 bridgehead atoms. The minimum absolute atomic E-state index is 0.155. The van der Waals surface area contributed by atoms with E-state index in [0.717, 1.165) is 5.56 Å². The van der Waals surface area contributed by atoms with Gasteiger partial charge in [-0.15, -0.1) is 0 Å². The standard InChI is InChI=1S/C14H14BrFN2O/c1-14(2,10-3-5-11(16)6-4-10)13-17-8-9(7-15)12(19)18-13/h3-6,8H,7H2,1-2H3,(H,17,18,19). The van der Waals surface area contributed by atoms with Gasteiger partial charge in [-0.25, -0.2) is 9.37 Å². The zero-order chi connectivity index (χ0) is 14.0. The van der Waals surface area contributed by atoms with E-state index >= 15 is 0 Å². The first-order chi connectivity index (χ1) is 8.95. The van der Waals surface area contributed by atoms with Gasteiger partial charge in [0, 0.05) is 22.5 Å². The lowest BCUT2D eigenvalue weighted by atomic mass is 9.84. The zero-order valence-electron chi connectivity index (χ0n) is 10.7. The molecule has 1 N–H and O–H groups in total. The molecule has 1 aromatic carbocycles. The van der Waals surface area contributed by atoms with Crippen LogP contribution in [0.25, 0.3) is 0 Å². The topological polar surface area (TPSA) is 45.8 Å². The van der Waals surface area contributed by atoms with Crippen LogP contribution in [-0.4, -0.2) is 9.97 Å². The van der Waals surface area contributed by atoms with Crippen LogP contribution >= 0.6 is 15.9 Å². The zero-order valence-corrected chi connectivity index (χ0v) is 12.3. The minimum atomic E-state index is -0.488. The number of rotatable bonds is 3. The number of H-pyrrole nitrogens is 1. The molecule has 0 aliphatic rings. The highest BCUT2D eigenvalue weighted by atomic mass is 79.9. The van der Waals surface area contributed by atoms with Gasteiger partial charge < -0.3 is 4.98 Å². The van der Waals surface area contributed by atoms with Crippen LogP contribution in [0.1, 0.15) is 30.8 Å². The van der Waals surface area contributed by atoms with E-state index in [1.807, 2.05) is 13.8 Å². The summed E-state index contributed by atoms with van der Waals surface area (Å²) in [7, 11) is 0. The normalized spacial score (nSPS) is 11.6. The lowest BCUT2D eigenvalue weighted by Crippen LogP contribution is -2.27. The van der Waals surface area contributed by atoms with Crippen molar-refractivity contribution >= 4 is 15.9 Å². The summed E-state index contributed by atoms with van der Waals surface area (Å²) in [5.41, 5.74) is 0.830. The maximum atomic E-state index is 13.0. The highest BCUT2D eigenvalue weighted by Gasteiger charge is 2.26. The fraction of sp³-hybridized carbons (Fsp3) is 0.286. The van der Waals surface area contributed by atoms with Crippen LogP contribution in [0.15, 0.2) is 35.3 Å². The van der Waals surface area contributed by atoms with Crippen molar-refractivity contribution in [1.82, 2.24) is 9.97 Å². The number of hydrogen-bond donors (Lipinski definition) is 1. The van der Waals surface area contributed by atoms with Gasteiger partial charge in [0.1, 0.15) is 11.6 Å². The van der Waals surface area contributed by atoms with Crippen molar-refractivity contribution in [3.63, 3.8) is 0 Å². The lowest BCUT2D eigenvalue weighted by molar-refractivity contribution is 0.579. The highest BCUT2D eigenvalue weighted by Crippen LogP contribution is 2.28. The summed E-state index contributed by atoms with van der Waals surface area (Å²) in [6, 6.07) is 6.21. The van der Waals surface area contributed by atoms with Crippen LogP contribution in [0.2, 0.25) is 0 Å². The third-order valence-corrected chi connectivity index (χ3v) is 3.78. The number of benzene rings is 1. The summed E-state index contributed by atoms with van der Waals surface area (Å²) in [6.07, 6.45) is 1.56. The maximum absolute atomic E-state index is 13.0. The number of hydrogen-bond acceptors (Lipinski definition) is 2. The minimum Gasteiger partial charge on any atom is -0.310 e. The van der Waals surface area contributed by atoms with Crippen molar-refractivity contribution in [3.8, 4) is 0 Å². The average Bonchev–Trinajstić information content (AvgIpc) is 2.39. The molecule has 19 heavy (non-hydrogen) atoms. The Morgan fingerprint density at radius 1 is 1.32 bits per heavy atom. The number of nitrogens with zero attached hydrogens (tertiary/aromatic N) is 1. The van der Waals surface area contributed by atoms with E-state index < -0.39 is 5.41 Å². The second kappa shape index (κ2) is 5.25. The number of aromatic amines is 1. The van der Waals surface area contributed by atoms with Gasteiger partial charge in [0.25, 0.3) is 5.56 Å². The maximum Gasteiger partial charge on any atom is 0.254 e. The second-order valence-corrected chi connectivity index (χ2v) is 5.41. The molecule has 3 nitrogen and oxygen atoms in total. The summed E-state index contributed by atoms with van der Waals surface area (Å²) in [5.74, 6) is 0.282. The number of alkyl halides is 1. The second-order valence-electron chi connectivity index (χ2n) is 4.85. The van der Waals surface area contributed by atoms with E-state index in [9.17, 15) is 9.18 Å². The molecule has 0 spiro atoms. The summed E-state index contributed by atoms with van der Waals surface area (Å²) in [5, 5.41) is 0.465. The third-order valence-electron chi connectivity index (χ3n) is 3.17. The van der Waals surface area contributed by atoms with Crippen LogP contribution in [0.5, 0.6) is 0 Å². The van der Waals surface area contributed by atoms with Gasteiger partial charge >= 0.3 is 0 Å². The smallest absolute Gasteiger partial charge is 0.254 e. The molecule has 0 atom stereocenters. The number of nitrogens with one attached hydrogen (secondary N) is 1. The Bertz CT molecular complexity index is 635. The van der Waals surface area contributed by atoms with Gasteiger partial charge in [-0.3, -0.25) is 4.79 Å². The molecule has 100 valence electrons. The molecule has 5 heteroatoms. The van der Waals surface area contributed by atoms with Gasteiger partial charge in [-0.2, -0.15) is 0 Å². The van der Waals surface area contributed by atoms with Crippen LogP contribution < -0.4 is 5.56 Å². The molecule has 0 radical (unpaired) electrons. The van der Waals surface area contributed by atoms with Gasteiger partial charge in [-0.05, 0) is 31.5 Å². The fourth-order valence-corrected chi connectivity index (χ4v) is 2.24. The van der Waals surface area contributed by atoms with E-state index in [0.29, 0.717) is 16.7 Å². The summed E-state index contributed by atoms with van der Waals surface area (Å²) in [6.45, 7) is 3.87. The number of aromatic nitrogens is 2. The first-order valence-corrected chi connectivity index (χ1v) is 6.98. The lowest BCUT2D eigenvalue weighted by Gasteiger charge is -2.24. The van der Waals surface area contributed by atoms with Gasteiger partial charge in [-0.1, -0.05) is 28.1 Å². The molecule has 0 aliphatic heterocycles. The highest BCUT2D eigenvalue weighted by molar-refractivity contribution is 9.08. The van der Waals surface area contributed by atoms with Crippen molar-refractivity contribution in [2.75, 3.05) is 0 Å². The monoisotopic (exact) mass is 324 g/mol. The van der Waals surface area contributed by atoms with Gasteiger partial charge in [0.05, 0.1) is 0 Å². The molecule has 1 aromatic heterocycles. The molecular formula is C14H14BrFN2O. The Kier molecular flexibility index (Phi) is 3.85. The van der Waals surface area contributed by atoms with Crippen LogP contribution in [0.3, 0.4) is 0 Å². The van der Waals surface area contributed by atoms with E-state index in [-0.39, 0.29) is 11.4 Å². The van der Waals surface area contributed by atoms with Crippen LogP contribution in [0.4, 0.5) is 4.39 Å². The average molecular weight is 325 g/mol. The first-order valence-electron chi connectivity index (χ1n) is 5.86. The Morgan fingerprint density at radius 3 is 2.47 bits per heavy atom. The molecule has 0 saturated carbocycles. The molecule has 2 aromatic rings. The Hall–Kier alpha value is -1.49. The molecule has 2 rings (SSSR count). The fourth-order valence-electron chi connectivity index (χ4n) is 1.84. The molecular weight excluding hydrogens is 311 g/mol. The summed E-state index contributed by atoms with van der Waals surface area (Å²) < 4.78 is 13.0. The van der Waals surface area contributed by atoms with E-state index in [4.69, 9.17) is 0 Å². The predicted molar refractivity (Wildman–Crippen MR) is 76.0 cm³/mol.